The Morgan fingerprint density at radius 1 is 1.33 bits per heavy atom. The van der Waals surface area contributed by atoms with Crippen molar-refractivity contribution in [3.05, 3.63) is 35.4 Å². The van der Waals surface area contributed by atoms with Crippen molar-refractivity contribution in [1.29, 1.82) is 0 Å². The molecule has 2 rings (SSSR count). The maximum absolute atomic E-state index is 12.3. The van der Waals surface area contributed by atoms with Crippen LogP contribution in [0, 0.1) is 5.92 Å². The van der Waals surface area contributed by atoms with Crippen LogP contribution >= 0.6 is 0 Å². The molecule has 0 aliphatic heterocycles. The molecule has 0 heterocycles. The summed E-state index contributed by atoms with van der Waals surface area (Å²) in [6.45, 7) is -2.26. The second-order valence-corrected chi connectivity index (χ2v) is 3.70. The highest BCUT2D eigenvalue weighted by Gasteiger charge is 2.38. The van der Waals surface area contributed by atoms with Gasteiger partial charge < -0.3 is 5.11 Å². The molecule has 0 amide bonds. The Hall–Kier alpha value is -1.03. The Morgan fingerprint density at radius 3 is 2.33 bits per heavy atom. The first-order chi connectivity index (χ1) is 7.69. The van der Waals surface area contributed by atoms with Crippen molar-refractivity contribution in [1.82, 2.24) is 0 Å². The molecule has 1 nitrogen and oxygen atoms in total. The van der Waals surface area contributed by atoms with Gasteiger partial charge in [0.1, 0.15) is 0 Å². The van der Waals surface area contributed by atoms with E-state index < -0.39 is 24.2 Å². The van der Waals surface area contributed by atoms with E-state index in [-0.39, 0.29) is 5.92 Å². The molecule has 4 heteroatoms. The van der Waals surface area contributed by atoms with Gasteiger partial charge in [-0.05, 0) is 36.0 Å². The summed E-state index contributed by atoms with van der Waals surface area (Å²) in [7, 11) is 0. The van der Waals surface area contributed by atoms with Gasteiger partial charge in [0.15, 0.2) is 0 Å². The highest BCUT2D eigenvalue weighted by molar-refractivity contribution is 5.30. The fourth-order valence-corrected chi connectivity index (χ4v) is 1.63. The second-order valence-electron chi connectivity index (χ2n) is 3.70. The first kappa shape index (κ1) is 8.16. The number of hydrogen-bond donors (Lipinski definition) is 1. The lowest BCUT2D eigenvalue weighted by Gasteiger charge is -2.07. The molecule has 82 valence electrons. The Morgan fingerprint density at radius 2 is 1.93 bits per heavy atom. The molecule has 1 aliphatic rings. The van der Waals surface area contributed by atoms with Gasteiger partial charge in [0.05, 0.1) is 8.30 Å². The van der Waals surface area contributed by atoms with E-state index in [0.717, 1.165) is 12.1 Å². The van der Waals surface area contributed by atoms with Crippen LogP contribution in [0.2, 0.25) is 0 Å². The zero-order valence-corrected chi connectivity index (χ0v) is 7.75. The normalized spacial score (nSPS) is 28.3. The minimum Gasteiger partial charge on any atom is -0.396 e. The van der Waals surface area contributed by atoms with E-state index in [4.69, 9.17) is 7.85 Å². The first-order valence-corrected chi connectivity index (χ1v) is 4.59. The topological polar surface area (TPSA) is 20.2 Å². The van der Waals surface area contributed by atoms with E-state index >= 15 is 0 Å². The Bertz CT molecular complexity index is 408. The zero-order chi connectivity index (χ0) is 12.8. The van der Waals surface area contributed by atoms with E-state index in [2.05, 4.69) is 0 Å². The van der Waals surface area contributed by atoms with Crippen LogP contribution in [0.4, 0.5) is 13.2 Å². The SMILES string of the molecule is [2H]C([2H])(O)C1CC1c1ccc(C(F)(F)F)cc1. The minimum absolute atomic E-state index is 0.183. The van der Waals surface area contributed by atoms with E-state index in [9.17, 15) is 13.2 Å². The molecular weight excluding hydrogens is 205 g/mol. The van der Waals surface area contributed by atoms with Crippen LogP contribution in [0.3, 0.4) is 0 Å². The third-order valence-electron chi connectivity index (χ3n) is 2.62. The van der Waals surface area contributed by atoms with Gasteiger partial charge in [0.25, 0.3) is 0 Å². The van der Waals surface area contributed by atoms with E-state index in [1.165, 1.54) is 12.1 Å². The standard InChI is InChI=1S/C11H11F3O/c12-11(13,14)9-3-1-7(2-4-9)10-5-8(10)6-15/h1-4,8,10,15H,5-6H2/i6D2. The van der Waals surface area contributed by atoms with Crippen molar-refractivity contribution in [2.24, 2.45) is 5.92 Å². The van der Waals surface area contributed by atoms with Crippen molar-refractivity contribution in [3.8, 4) is 0 Å². The van der Waals surface area contributed by atoms with Crippen LogP contribution in [-0.4, -0.2) is 11.7 Å². The highest BCUT2D eigenvalue weighted by Crippen LogP contribution is 2.47. The van der Waals surface area contributed by atoms with Crippen LogP contribution in [0.25, 0.3) is 0 Å². The molecule has 0 aromatic heterocycles. The molecule has 1 N–H and O–H groups in total. The number of rotatable bonds is 2. The minimum atomic E-state index is -4.35. The number of halogens is 3. The van der Waals surface area contributed by atoms with Gasteiger partial charge >= 0.3 is 6.18 Å². The average molecular weight is 218 g/mol. The van der Waals surface area contributed by atoms with E-state index in [0.29, 0.717) is 12.0 Å². The smallest absolute Gasteiger partial charge is 0.396 e. The van der Waals surface area contributed by atoms with Crippen molar-refractivity contribution >= 4 is 0 Å². The molecule has 2 unspecified atom stereocenters. The van der Waals surface area contributed by atoms with Crippen molar-refractivity contribution < 1.29 is 21.0 Å². The third-order valence-corrected chi connectivity index (χ3v) is 2.62. The number of aliphatic hydroxyl groups is 1. The summed E-state index contributed by atoms with van der Waals surface area (Å²) in [5.74, 6) is -0.698. The van der Waals surface area contributed by atoms with Crippen molar-refractivity contribution in [2.45, 2.75) is 18.5 Å². The Labute approximate surface area is 88.4 Å². The largest absolute Gasteiger partial charge is 0.416 e. The summed E-state index contributed by atoms with van der Waals surface area (Å²) in [5, 5.41) is 9.13. The fourth-order valence-electron chi connectivity index (χ4n) is 1.63. The van der Waals surface area contributed by atoms with Crippen LogP contribution < -0.4 is 0 Å². The number of hydrogen-bond acceptors (Lipinski definition) is 1. The molecule has 1 fully saturated rings. The maximum atomic E-state index is 12.3. The van der Waals surface area contributed by atoms with Crippen molar-refractivity contribution in [3.63, 3.8) is 0 Å². The van der Waals surface area contributed by atoms with Gasteiger partial charge in [-0.3, -0.25) is 0 Å². The first-order valence-electron chi connectivity index (χ1n) is 5.59. The molecule has 1 saturated carbocycles. The fraction of sp³-hybridized carbons (Fsp3) is 0.455. The molecule has 1 aromatic carbocycles. The number of benzene rings is 1. The lowest BCUT2D eigenvalue weighted by Crippen LogP contribution is -2.04. The van der Waals surface area contributed by atoms with Crippen LogP contribution in [-0.2, 0) is 6.18 Å². The molecule has 2 atom stereocenters. The molecule has 1 aromatic rings. The molecule has 15 heavy (non-hydrogen) atoms. The molecule has 0 spiro atoms. The van der Waals surface area contributed by atoms with Gasteiger partial charge in [0, 0.05) is 6.56 Å². The van der Waals surface area contributed by atoms with Gasteiger partial charge in [-0.2, -0.15) is 13.2 Å². The maximum Gasteiger partial charge on any atom is 0.416 e. The van der Waals surface area contributed by atoms with Gasteiger partial charge in [-0.25, -0.2) is 0 Å². The Kier molecular flexibility index (Phi) is 1.92. The number of alkyl halides is 3. The van der Waals surface area contributed by atoms with Crippen LogP contribution in [0.1, 0.15) is 26.2 Å². The molecule has 1 aliphatic carbocycles. The third kappa shape index (κ3) is 2.15. The van der Waals surface area contributed by atoms with Gasteiger partial charge in [-0.15, -0.1) is 0 Å². The lowest BCUT2D eigenvalue weighted by atomic mass is 10.1. The lowest BCUT2D eigenvalue weighted by molar-refractivity contribution is -0.137. The molecular formula is C11H11F3O. The average Bonchev–Trinajstić information content (AvgIpc) is 2.95. The quantitative estimate of drug-likeness (QED) is 0.809. The predicted molar refractivity (Wildman–Crippen MR) is 49.4 cm³/mol. The summed E-state index contributed by atoms with van der Waals surface area (Å²) in [6, 6.07) is 4.66. The molecule has 0 radical (unpaired) electrons. The summed E-state index contributed by atoms with van der Waals surface area (Å²) in [4.78, 5) is 0. The molecule has 0 saturated heterocycles. The Balaban J connectivity index is 2.11. The van der Waals surface area contributed by atoms with Gasteiger partial charge in [-0.1, -0.05) is 12.1 Å². The zero-order valence-electron chi connectivity index (χ0n) is 9.75. The highest BCUT2D eigenvalue weighted by atomic mass is 19.4. The van der Waals surface area contributed by atoms with Crippen LogP contribution in [0.15, 0.2) is 24.3 Å². The summed E-state index contributed by atoms with van der Waals surface area (Å²) in [5.41, 5.74) is -0.0774. The second kappa shape index (κ2) is 3.52. The van der Waals surface area contributed by atoms with E-state index in [1.54, 1.807) is 0 Å². The summed E-state index contributed by atoms with van der Waals surface area (Å²) >= 11 is 0. The monoisotopic (exact) mass is 218 g/mol. The van der Waals surface area contributed by atoms with E-state index in [1.807, 2.05) is 0 Å². The summed E-state index contributed by atoms with van der Waals surface area (Å²) in [6.07, 6.45) is -3.89. The predicted octanol–water partition coefficient (Wildman–Crippen LogP) is 2.80. The van der Waals surface area contributed by atoms with Crippen LogP contribution in [0.5, 0.6) is 0 Å². The molecule has 0 bridgehead atoms. The summed E-state index contributed by atoms with van der Waals surface area (Å²) < 4.78 is 51.1. The van der Waals surface area contributed by atoms with Crippen molar-refractivity contribution in [2.75, 3.05) is 6.56 Å². The van der Waals surface area contributed by atoms with Gasteiger partial charge in [0.2, 0.25) is 0 Å².